The first-order valence-electron chi connectivity index (χ1n) is 6.40. The van der Waals surface area contributed by atoms with E-state index in [-0.39, 0.29) is 11.6 Å². The minimum absolute atomic E-state index is 0.289. The molecule has 3 nitrogen and oxygen atoms in total. The second kappa shape index (κ2) is 5.57. The zero-order valence-electron chi connectivity index (χ0n) is 11.2. The Morgan fingerprint density at radius 2 is 2.22 bits per heavy atom. The highest BCUT2D eigenvalue weighted by Gasteiger charge is 2.22. The molecule has 0 amide bonds. The largest absolute Gasteiger partial charge is 0.494 e. The van der Waals surface area contributed by atoms with Gasteiger partial charge in [0.25, 0.3) is 0 Å². The SMILES string of the molecule is COc1ccc(NC2CCN(C)C(C)C2)cc1F. The van der Waals surface area contributed by atoms with Crippen LogP contribution in [-0.2, 0) is 0 Å². The van der Waals surface area contributed by atoms with Crippen molar-refractivity contribution < 1.29 is 9.13 Å². The van der Waals surface area contributed by atoms with Gasteiger partial charge in [-0.2, -0.15) is 0 Å². The minimum Gasteiger partial charge on any atom is -0.494 e. The molecule has 1 N–H and O–H groups in total. The van der Waals surface area contributed by atoms with E-state index in [0.717, 1.165) is 25.1 Å². The Morgan fingerprint density at radius 1 is 1.44 bits per heavy atom. The van der Waals surface area contributed by atoms with Crippen molar-refractivity contribution in [1.29, 1.82) is 0 Å². The molecule has 1 aliphatic rings. The van der Waals surface area contributed by atoms with E-state index in [0.29, 0.717) is 12.1 Å². The Bertz CT molecular complexity index is 411. The van der Waals surface area contributed by atoms with Crippen molar-refractivity contribution in [2.75, 3.05) is 26.0 Å². The van der Waals surface area contributed by atoms with Crippen LogP contribution in [0.1, 0.15) is 19.8 Å². The molecule has 0 bridgehead atoms. The maximum absolute atomic E-state index is 13.6. The second-order valence-electron chi connectivity index (χ2n) is 5.04. The summed E-state index contributed by atoms with van der Waals surface area (Å²) in [6.07, 6.45) is 2.18. The predicted molar refractivity (Wildman–Crippen MR) is 71.7 cm³/mol. The van der Waals surface area contributed by atoms with Gasteiger partial charge in [-0.3, -0.25) is 0 Å². The van der Waals surface area contributed by atoms with Crippen LogP contribution in [0.2, 0.25) is 0 Å². The van der Waals surface area contributed by atoms with Gasteiger partial charge in [-0.05, 0) is 38.9 Å². The number of rotatable bonds is 3. The van der Waals surface area contributed by atoms with Gasteiger partial charge in [0, 0.05) is 30.4 Å². The number of halogens is 1. The number of anilines is 1. The fourth-order valence-electron chi connectivity index (χ4n) is 2.41. The lowest BCUT2D eigenvalue weighted by Gasteiger charge is -2.35. The van der Waals surface area contributed by atoms with E-state index in [1.807, 2.05) is 6.07 Å². The van der Waals surface area contributed by atoms with Crippen LogP contribution in [-0.4, -0.2) is 37.7 Å². The van der Waals surface area contributed by atoms with Gasteiger partial charge >= 0.3 is 0 Å². The Hall–Kier alpha value is -1.29. The number of nitrogens with one attached hydrogen (secondary N) is 1. The third-order valence-corrected chi connectivity index (χ3v) is 3.73. The standard InChI is InChI=1S/C14H21FN2O/c1-10-8-12(6-7-17(10)2)16-11-4-5-14(18-3)13(15)9-11/h4-5,9-10,12,16H,6-8H2,1-3H3. The Balaban J connectivity index is 1.99. The van der Waals surface area contributed by atoms with Crippen molar-refractivity contribution >= 4 is 5.69 Å². The zero-order valence-corrected chi connectivity index (χ0v) is 11.2. The Labute approximate surface area is 108 Å². The van der Waals surface area contributed by atoms with E-state index in [1.165, 1.54) is 13.2 Å². The molecule has 1 aromatic carbocycles. The fraction of sp³-hybridized carbons (Fsp3) is 0.571. The topological polar surface area (TPSA) is 24.5 Å². The molecular formula is C14H21FN2O. The third-order valence-electron chi connectivity index (χ3n) is 3.73. The molecule has 2 unspecified atom stereocenters. The van der Waals surface area contributed by atoms with Gasteiger partial charge in [0.1, 0.15) is 0 Å². The van der Waals surface area contributed by atoms with Crippen molar-refractivity contribution in [1.82, 2.24) is 4.90 Å². The molecular weight excluding hydrogens is 231 g/mol. The van der Waals surface area contributed by atoms with Gasteiger partial charge in [0.2, 0.25) is 0 Å². The maximum Gasteiger partial charge on any atom is 0.167 e. The number of nitrogens with zero attached hydrogens (tertiary/aromatic N) is 1. The molecule has 2 rings (SSSR count). The average Bonchev–Trinajstić information content (AvgIpc) is 2.34. The number of hydrogen-bond donors (Lipinski definition) is 1. The molecule has 0 saturated carbocycles. The molecule has 100 valence electrons. The van der Waals surface area contributed by atoms with Gasteiger partial charge < -0.3 is 15.0 Å². The van der Waals surface area contributed by atoms with Gasteiger partial charge in [-0.1, -0.05) is 0 Å². The number of ether oxygens (including phenoxy) is 1. The number of hydrogen-bond acceptors (Lipinski definition) is 3. The lowest BCUT2D eigenvalue weighted by atomic mass is 9.98. The van der Waals surface area contributed by atoms with Crippen LogP contribution in [0.4, 0.5) is 10.1 Å². The summed E-state index contributed by atoms with van der Waals surface area (Å²) in [5.41, 5.74) is 0.829. The maximum atomic E-state index is 13.6. The summed E-state index contributed by atoms with van der Waals surface area (Å²) in [4.78, 5) is 2.35. The second-order valence-corrected chi connectivity index (χ2v) is 5.04. The molecule has 1 heterocycles. The summed E-state index contributed by atoms with van der Waals surface area (Å²) in [6.45, 7) is 3.31. The molecule has 4 heteroatoms. The molecule has 0 aliphatic carbocycles. The molecule has 1 aromatic rings. The van der Waals surface area contributed by atoms with Crippen LogP contribution in [0.5, 0.6) is 5.75 Å². The summed E-state index contributed by atoms with van der Waals surface area (Å²) >= 11 is 0. The molecule has 0 radical (unpaired) electrons. The molecule has 0 spiro atoms. The third kappa shape index (κ3) is 2.93. The predicted octanol–water partition coefficient (Wildman–Crippen LogP) is 2.73. The van der Waals surface area contributed by atoms with Crippen LogP contribution in [0.25, 0.3) is 0 Å². The number of likely N-dealkylation sites (tertiary alicyclic amines) is 1. The molecule has 1 saturated heterocycles. The van der Waals surface area contributed by atoms with Gasteiger partial charge in [-0.25, -0.2) is 4.39 Å². The Morgan fingerprint density at radius 3 is 2.83 bits per heavy atom. The van der Waals surface area contributed by atoms with E-state index in [9.17, 15) is 4.39 Å². The average molecular weight is 252 g/mol. The fourth-order valence-corrected chi connectivity index (χ4v) is 2.41. The van der Waals surface area contributed by atoms with Crippen molar-refractivity contribution in [3.05, 3.63) is 24.0 Å². The minimum atomic E-state index is -0.316. The highest BCUT2D eigenvalue weighted by atomic mass is 19.1. The summed E-state index contributed by atoms with van der Waals surface area (Å²) in [5.74, 6) is -0.0271. The summed E-state index contributed by atoms with van der Waals surface area (Å²) in [5, 5.41) is 3.40. The Kier molecular flexibility index (Phi) is 4.07. The van der Waals surface area contributed by atoms with Gasteiger partial charge in [0.15, 0.2) is 11.6 Å². The van der Waals surface area contributed by atoms with Crippen LogP contribution in [0, 0.1) is 5.82 Å². The number of benzene rings is 1. The van der Waals surface area contributed by atoms with Crippen LogP contribution in [0.3, 0.4) is 0 Å². The zero-order chi connectivity index (χ0) is 13.1. The first-order chi connectivity index (χ1) is 8.60. The van der Waals surface area contributed by atoms with Crippen molar-refractivity contribution in [2.24, 2.45) is 0 Å². The summed E-state index contributed by atoms with van der Waals surface area (Å²) in [6, 6.07) is 6.02. The smallest absolute Gasteiger partial charge is 0.167 e. The molecule has 1 aliphatic heterocycles. The summed E-state index contributed by atoms with van der Waals surface area (Å²) in [7, 11) is 3.62. The first-order valence-corrected chi connectivity index (χ1v) is 6.40. The lowest BCUT2D eigenvalue weighted by Crippen LogP contribution is -2.42. The van der Waals surface area contributed by atoms with Crippen molar-refractivity contribution in [2.45, 2.75) is 31.8 Å². The number of methoxy groups -OCH3 is 1. The van der Waals surface area contributed by atoms with Crippen LogP contribution < -0.4 is 10.1 Å². The normalized spacial score (nSPS) is 24.9. The van der Waals surface area contributed by atoms with Crippen molar-refractivity contribution in [3.8, 4) is 5.75 Å². The van der Waals surface area contributed by atoms with Gasteiger partial charge in [0.05, 0.1) is 7.11 Å². The van der Waals surface area contributed by atoms with E-state index < -0.39 is 0 Å². The van der Waals surface area contributed by atoms with E-state index in [4.69, 9.17) is 4.74 Å². The van der Waals surface area contributed by atoms with Gasteiger partial charge in [-0.15, -0.1) is 0 Å². The molecule has 0 aromatic heterocycles. The van der Waals surface area contributed by atoms with E-state index in [2.05, 4.69) is 24.2 Å². The van der Waals surface area contributed by atoms with E-state index in [1.54, 1.807) is 6.07 Å². The van der Waals surface area contributed by atoms with Crippen LogP contribution in [0.15, 0.2) is 18.2 Å². The molecule has 18 heavy (non-hydrogen) atoms. The highest BCUT2D eigenvalue weighted by Crippen LogP contribution is 2.24. The first kappa shape index (κ1) is 13.1. The molecule has 2 atom stereocenters. The monoisotopic (exact) mass is 252 g/mol. The van der Waals surface area contributed by atoms with Crippen LogP contribution >= 0.6 is 0 Å². The van der Waals surface area contributed by atoms with E-state index >= 15 is 0 Å². The highest BCUT2D eigenvalue weighted by molar-refractivity contribution is 5.48. The molecule has 1 fully saturated rings. The lowest BCUT2D eigenvalue weighted by molar-refractivity contribution is 0.190. The summed E-state index contributed by atoms with van der Waals surface area (Å²) < 4.78 is 18.5. The number of piperidine rings is 1. The van der Waals surface area contributed by atoms with Crippen molar-refractivity contribution in [3.63, 3.8) is 0 Å². The quantitative estimate of drug-likeness (QED) is 0.895.